The third-order valence-electron chi connectivity index (χ3n) is 4.12. The van der Waals surface area contributed by atoms with Gasteiger partial charge in [-0.2, -0.15) is 0 Å². The van der Waals surface area contributed by atoms with Crippen molar-refractivity contribution in [1.29, 1.82) is 0 Å². The third kappa shape index (κ3) is 3.48. The molecule has 0 saturated heterocycles. The predicted molar refractivity (Wildman–Crippen MR) is 83.6 cm³/mol. The van der Waals surface area contributed by atoms with Gasteiger partial charge in [-0.3, -0.25) is 0 Å². The van der Waals surface area contributed by atoms with Crippen LogP contribution in [-0.4, -0.2) is 6.04 Å². The number of furan rings is 1. The van der Waals surface area contributed by atoms with Gasteiger partial charge in [0.25, 0.3) is 0 Å². The first-order valence-corrected chi connectivity index (χ1v) is 7.63. The van der Waals surface area contributed by atoms with Crippen LogP contribution in [0.2, 0.25) is 0 Å². The van der Waals surface area contributed by atoms with Crippen molar-refractivity contribution in [3.8, 4) is 5.75 Å². The number of ether oxygens (including phenoxy) is 1. The Kier molecular flexibility index (Phi) is 4.02. The highest BCUT2D eigenvalue weighted by atomic mass is 16.5. The smallest absolute Gasteiger partial charge is 0.146 e. The third-order valence-corrected chi connectivity index (χ3v) is 4.12. The molecule has 0 bridgehead atoms. The summed E-state index contributed by atoms with van der Waals surface area (Å²) >= 11 is 0. The van der Waals surface area contributed by atoms with E-state index in [2.05, 4.69) is 38.2 Å². The maximum absolute atomic E-state index is 5.98. The van der Waals surface area contributed by atoms with E-state index in [9.17, 15) is 0 Å². The molecule has 0 radical (unpaired) electrons. The minimum atomic E-state index is 0.485. The summed E-state index contributed by atoms with van der Waals surface area (Å²) in [5.41, 5.74) is 4.89. The van der Waals surface area contributed by atoms with Crippen LogP contribution < -0.4 is 10.1 Å². The lowest BCUT2D eigenvalue weighted by Crippen LogP contribution is -2.16. The number of aryl methyl sites for hydroxylation is 2. The summed E-state index contributed by atoms with van der Waals surface area (Å²) in [6.45, 7) is 7.66. The molecule has 1 aliphatic rings. The molecule has 0 unspecified atom stereocenters. The molecule has 3 nitrogen and oxygen atoms in total. The average molecular weight is 285 g/mol. The molecule has 2 aromatic rings. The van der Waals surface area contributed by atoms with Gasteiger partial charge in [0.05, 0.1) is 6.26 Å². The number of benzene rings is 1. The standard InChI is InChI=1S/C18H23NO2/c1-12-8-13(2)14(3)17(9-12)21-11-18-15(6-7-20-18)10-19-16-4-5-16/h6-9,16,19H,4-5,10-11H2,1-3H3. The van der Waals surface area contributed by atoms with Crippen molar-refractivity contribution < 1.29 is 9.15 Å². The summed E-state index contributed by atoms with van der Waals surface area (Å²) in [4.78, 5) is 0. The Hall–Kier alpha value is -1.74. The predicted octanol–water partition coefficient (Wildman–Crippen LogP) is 4.04. The monoisotopic (exact) mass is 285 g/mol. The summed E-state index contributed by atoms with van der Waals surface area (Å²) in [7, 11) is 0. The SMILES string of the molecule is Cc1cc(C)c(C)c(OCc2occc2CNC2CC2)c1. The molecule has 1 heterocycles. The zero-order valence-corrected chi connectivity index (χ0v) is 13.0. The molecule has 3 rings (SSSR count). The van der Waals surface area contributed by atoms with Crippen molar-refractivity contribution in [2.24, 2.45) is 0 Å². The van der Waals surface area contributed by atoms with Crippen LogP contribution in [0, 0.1) is 20.8 Å². The highest BCUT2D eigenvalue weighted by Crippen LogP contribution is 2.25. The normalized spacial score (nSPS) is 14.4. The molecule has 1 aliphatic carbocycles. The van der Waals surface area contributed by atoms with E-state index >= 15 is 0 Å². The molecule has 21 heavy (non-hydrogen) atoms. The van der Waals surface area contributed by atoms with Crippen molar-refractivity contribution in [2.75, 3.05) is 0 Å². The molecule has 3 heteroatoms. The lowest BCUT2D eigenvalue weighted by molar-refractivity contribution is 0.266. The lowest BCUT2D eigenvalue weighted by Gasteiger charge is -2.12. The average Bonchev–Trinajstić information content (AvgIpc) is 3.17. The topological polar surface area (TPSA) is 34.4 Å². The van der Waals surface area contributed by atoms with E-state index in [1.165, 1.54) is 35.1 Å². The molecular formula is C18H23NO2. The largest absolute Gasteiger partial charge is 0.485 e. The molecule has 0 aliphatic heterocycles. The number of nitrogens with one attached hydrogen (secondary N) is 1. The minimum Gasteiger partial charge on any atom is -0.485 e. The lowest BCUT2D eigenvalue weighted by atomic mass is 10.1. The van der Waals surface area contributed by atoms with Crippen LogP contribution >= 0.6 is 0 Å². The molecule has 1 saturated carbocycles. The van der Waals surface area contributed by atoms with E-state index in [4.69, 9.17) is 9.15 Å². The van der Waals surface area contributed by atoms with Crippen LogP contribution in [0.5, 0.6) is 5.75 Å². The van der Waals surface area contributed by atoms with Gasteiger partial charge in [-0.15, -0.1) is 0 Å². The Labute approximate surface area is 126 Å². The molecule has 0 spiro atoms. The molecule has 1 fully saturated rings. The van der Waals surface area contributed by atoms with E-state index < -0.39 is 0 Å². The fourth-order valence-electron chi connectivity index (χ4n) is 2.49. The molecule has 0 atom stereocenters. The Morgan fingerprint density at radius 1 is 1.24 bits per heavy atom. The zero-order valence-electron chi connectivity index (χ0n) is 13.0. The van der Waals surface area contributed by atoms with Gasteiger partial charge in [0, 0.05) is 18.2 Å². The maximum atomic E-state index is 5.98. The van der Waals surface area contributed by atoms with Crippen LogP contribution in [0.25, 0.3) is 0 Å². The van der Waals surface area contributed by atoms with E-state index in [1.54, 1.807) is 6.26 Å². The summed E-state index contributed by atoms with van der Waals surface area (Å²) in [6, 6.07) is 7.01. The van der Waals surface area contributed by atoms with Crippen molar-refractivity contribution in [3.05, 3.63) is 52.5 Å². The van der Waals surface area contributed by atoms with Crippen molar-refractivity contribution in [3.63, 3.8) is 0 Å². The first-order valence-electron chi connectivity index (χ1n) is 7.63. The summed E-state index contributed by atoms with van der Waals surface area (Å²) in [5.74, 6) is 1.87. The van der Waals surface area contributed by atoms with Gasteiger partial charge >= 0.3 is 0 Å². The first kappa shape index (κ1) is 14.2. The van der Waals surface area contributed by atoms with Gasteiger partial charge in [0.15, 0.2) is 0 Å². The van der Waals surface area contributed by atoms with Gasteiger partial charge in [-0.1, -0.05) is 6.07 Å². The van der Waals surface area contributed by atoms with Crippen molar-refractivity contribution in [1.82, 2.24) is 5.32 Å². The Morgan fingerprint density at radius 3 is 2.81 bits per heavy atom. The Bertz CT molecular complexity index is 626. The van der Waals surface area contributed by atoms with Crippen LogP contribution in [0.15, 0.2) is 28.9 Å². The van der Waals surface area contributed by atoms with Crippen molar-refractivity contribution in [2.45, 2.75) is 52.8 Å². The van der Waals surface area contributed by atoms with E-state index in [-0.39, 0.29) is 0 Å². The molecule has 1 aromatic heterocycles. The van der Waals surface area contributed by atoms with Crippen LogP contribution in [0.4, 0.5) is 0 Å². The maximum Gasteiger partial charge on any atom is 0.146 e. The summed E-state index contributed by atoms with van der Waals surface area (Å²) in [5, 5.41) is 3.51. The molecule has 1 aromatic carbocycles. The van der Waals surface area contributed by atoms with E-state index in [0.29, 0.717) is 12.6 Å². The highest BCUT2D eigenvalue weighted by molar-refractivity contribution is 5.42. The summed E-state index contributed by atoms with van der Waals surface area (Å²) < 4.78 is 11.6. The molecule has 0 amide bonds. The first-order chi connectivity index (χ1) is 10.1. The van der Waals surface area contributed by atoms with Gasteiger partial charge in [-0.05, 0) is 62.4 Å². The highest BCUT2D eigenvalue weighted by Gasteiger charge is 2.21. The number of hydrogen-bond acceptors (Lipinski definition) is 3. The van der Waals surface area contributed by atoms with Crippen LogP contribution in [0.1, 0.15) is 40.9 Å². The Morgan fingerprint density at radius 2 is 2.05 bits per heavy atom. The zero-order chi connectivity index (χ0) is 14.8. The van der Waals surface area contributed by atoms with Gasteiger partial charge in [0.1, 0.15) is 18.1 Å². The quantitative estimate of drug-likeness (QED) is 0.870. The second-order valence-corrected chi connectivity index (χ2v) is 6.02. The fourth-order valence-corrected chi connectivity index (χ4v) is 2.49. The van der Waals surface area contributed by atoms with E-state index in [0.717, 1.165) is 18.1 Å². The van der Waals surface area contributed by atoms with Crippen LogP contribution in [0.3, 0.4) is 0 Å². The van der Waals surface area contributed by atoms with Crippen LogP contribution in [-0.2, 0) is 13.2 Å². The molecular weight excluding hydrogens is 262 g/mol. The fraction of sp³-hybridized carbons (Fsp3) is 0.444. The molecule has 112 valence electrons. The number of hydrogen-bond donors (Lipinski definition) is 1. The van der Waals surface area contributed by atoms with Crippen molar-refractivity contribution >= 4 is 0 Å². The van der Waals surface area contributed by atoms with Gasteiger partial charge < -0.3 is 14.5 Å². The van der Waals surface area contributed by atoms with Gasteiger partial charge in [0.2, 0.25) is 0 Å². The Balaban J connectivity index is 1.66. The second-order valence-electron chi connectivity index (χ2n) is 6.02. The minimum absolute atomic E-state index is 0.485. The van der Waals surface area contributed by atoms with Gasteiger partial charge in [-0.25, -0.2) is 0 Å². The second kappa shape index (κ2) is 5.94. The number of rotatable bonds is 6. The summed E-state index contributed by atoms with van der Waals surface area (Å²) in [6.07, 6.45) is 4.34. The molecule has 1 N–H and O–H groups in total. The van der Waals surface area contributed by atoms with E-state index in [1.807, 2.05) is 6.07 Å².